The Labute approximate surface area is 107 Å². The van der Waals surface area contributed by atoms with Gasteiger partial charge in [-0.05, 0) is 19.1 Å². The summed E-state index contributed by atoms with van der Waals surface area (Å²) >= 11 is 0. The molecule has 2 N–H and O–H groups in total. The van der Waals surface area contributed by atoms with Crippen LogP contribution in [0.1, 0.15) is 6.92 Å². The minimum Gasteiger partial charge on any atom is -0.287 e. The second kappa shape index (κ2) is 6.02. The van der Waals surface area contributed by atoms with Crippen LogP contribution in [-0.2, 0) is 9.59 Å². The zero-order valence-corrected chi connectivity index (χ0v) is 10.5. The second-order valence-corrected chi connectivity index (χ2v) is 3.87. The summed E-state index contributed by atoms with van der Waals surface area (Å²) < 4.78 is 0. The van der Waals surface area contributed by atoms with Crippen molar-refractivity contribution >= 4 is 11.8 Å². The molecule has 1 unspecified atom stereocenters. The van der Waals surface area contributed by atoms with Gasteiger partial charge in [0.05, 0.1) is 12.6 Å². The van der Waals surface area contributed by atoms with Crippen LogP contribution in [0.3, 0.4) is 0 Å². The van der Waals surface area contributed by atoms with E-state index in [-0.39, 0.29) is 17.9 Å². The molecule has 2 amide bonds. The molecular weight excluding hydrogens is 232 g/mol. The first-order valence-electron chi connectivity index (χ1n) is 5.58. The number of hydrazine groups is 2. The molecule has 0 bridgehead atoms. The number of carbonyl (C=O) groups is 2. The lowest BCUT2D eigenvalue weighted by Crippen LogP contribution is -2.59. The minimum absolute atomic E-state index is 0.118. The minimum atomic E-state index is -0.285. The highest BCUT2D eigenvalue weighted by atomic mass is 16.2. The fourth-order valence-electron chi connectivity index (χ4n) is 1.60. The Morgan fingerprint density at radius 3 is 2.33 bits per heavy atom. The third-order valence-corrected chi connectivity index (χ3v) is 2.73. The van der Waals surface area contributed by atoms with E-state index in [1.165, 1.54) is 12.2 Å². The smallest absolute Gasteiger partial charge is 0.261 e. The van der Waals surface area contributed by atoms with Gasteiger partial charge in [0.2, 0.25) is 0 Å². The van der Waals surface area contributed by atoms with Gasteiger partial charge < -0.3 is 0 Å². The summed E-state index contributed by atoms with van der Waals surface area (Å²) in [5.74, 6) is -0.551. The highest BCUT2D eigenvalue weighted by Gasteiger charge is 2.28. The van der Waals surface area contributed by atoms with Crippen molar-refractivity contribution in [3.8, 4) is 0 Å². The maximum absolute atomic E-state index is 11.2. The van der Waals surface area contributed by atoms with Crippen LogP contribution in [0.4, 0.5) is 0 Å². The molecule has 0 aliphatic carbocycles. The van der Waals surface area contributed by atoms with Crippen molar-refractivity contribution in [1.82, 2.24) is 20.9 Å². The van der Waals surface area contributed by atoms with Crippen LogP contribution < -0.4 is 10.9 Å². The number of piperazine rings is 1. The quantitative estimate of drug-likeness (QED) is 0.686. The summed E-state index contributed by atoms with van der Waals surface area (Å²) in [7, 11) is 0. The predicted molar refractivity (Wildman–Crippen MR) is 68.7 cm³/mol. The van der Waals surface area contributed by atoms with E-state index in [1.54, 1.807) is 10.0 Å². The van der Waals surface area contributed by atoms with Gasteiger partial charge in [-0.1, -0.05) is 19.7 Å². The maximum atomic E-state index is 11.2. The van der Waals surface area contributed by atoms with E-state index in [0.29, 0.717) is 18.8 Å². The number of rotatable bonds is 4. The van der Waals surface area contributed by atoms with E-state index in [4.69, 9.17) is 0 Å². The molecule has 0 aromatic carbocycles. The SMILES string of the molecule is C=CC(=O)NN1CCN(NC(=O)C=C)C(C)C1=C. The van der Waals surface area contributed by atoms with Gasteiger partial charge in [0.25, 0.3) is 11.8 Å². The molecule has 1 atom stereocenters. The zero-order valence-electron chi connectivity index (χ0n) is 10.5. The van der Waals surface area contributed by atoms with Crippen LogP contribution in [0, 0.1) is 0 Å². The predicted octanol–water partition coefficient (Wildman–Crippen LogP) is -0.0594. The fraction of sp³-hybridized carbons (Fsp3) is 0.333. The molecule has 0 saturated carbocycles. The molecule has 6 heteroatoms. The fourth-order valence-corrected chi connectivity index (χ4v) is 1.60. The molecular formula is C12H18N4O2. The van der Waals surface area contributed by atoms with Crippen LogP contribution in [0.5, 0.6) is 0 Å². The highest BCUT2D eigenvalue weighted by molar-refractivity contribution is 5.87. The first-order chi connectivity index (χ1) is 8.49. The number of amides is 2. The summed E-state index contributed by atoms with van der Waals surface area (Å²) in [5, 5.41) is 3.41. The summed E-state index contributed by atoms with van der Waals surface area (Å²) in [6.45, 7) is 13.7. The van der Waals surface area contributed by atoms with Gasteiger partial charge >= 0.3 is 0 Å². The third-order valence-electron chi connectivity index (χ3n) is 2.73. The van der Waals surface area contributed by atoms with Crippen molar-refractivity contribution in [2.45, 2.75) is 13.0 Å². The number of nitrogens with zero attached hydrogens (tertiary/aromatic N) is 2. The molecule has 0 spiro atoms. The third kappa shape index (κ3) is 3.21. The zero-order chi connectivity index (χ0) is 13.7. The molecule has 1 saturated heterocycles. The average Bonchev–Trinajstić information content (AvgIpc) is 2.37. The number of hydrogen-bond acceptors (Lipinski definition) is 4. The van der Waals surface area contributed by atoms with Crippen molar-refractivity contribution in [1.29, 1.82) is 0 Å². The van der Waals surface area contributed by atoms with Crippen molar-refractivity contribution in [2.75, 3.05) is 13.1 Å². The van der Waals surface area contributed by atoms with Crippen molar-refractivity contribution in [3.63, 3.8) is 0 Å². The molecule has 1 fully saturated rings. The first kappa shape index (κ1) is 14.0. The monoisotopic (exact) mass is 250 g/mol. The Kier molecular flexibility index (Phi) is 4.67. The molecule has 0 radical (unpaired) electrons. The lowest BCUT2D eigenvalue weighted by atomic mass is 10.2. The highest BCUT2D eigenvalue weighted by Crippen LogP contribution is 2.15. The van der Waals surface area contributed by atoms with Crippen LogP contribution in [-0.4, -0.2) is 41.0 Å². The normalized spacial score (nSPS) is 20.2. The van der Waals surface area contributed by atoms with Gasteiger partial charge in [-0.3, -0.25) is 25.4 Å². The van der Waals surface area contributed by atoms with Gasteiger partial charge in [-0.15, -0.1) is 0 Å². The van der Waals surface area contributed by atoms with E-state index in [2.05, 4.69) is 30.6 Å². The van der Waals surface area contributed by atoms with E-state index in [0.717, 1.165) is 0 Å². The Balaban J connectivity index is 2.62. The van der Waals surface area contributed by atoms with Crippen LogP contribution in [0.25, 0.3) is 0 Å². The molecule has 18 heavy (non-hydrogen) atoms. The van der Waals surface area contributed by atoms with E-state index in [9.17, 15) is 9.59 Å². The van der Waals surface area contributed by atoms with Gasteiger partial charge in [0, 0.05) is 12.2 Å². The van der Waals surface area contributed by atoms with Crippen LogP contribution >= 0.6 is 0 Å². The van der Waals surface area contributed by atoms with Gasteiger partial charge in [0.15, 0.2) is 0 Å². The Morgan fingerprint density at radius 1 is 1.22 bits per heavy atom. The van der Waals surface area contributed by atoms with E-state index < -0.39 is 0 Å². The molecule has 1 heterocycles. The molecule has 6 nitrogen and oxygen atoms in total. The van der Waals surface area contributed by atoms with E-state index in [1.807, 2.05) is 6.92 Å². The summed E-state index contributed by atoms with van der Waals surface area (Å²) in [6.07, 6.45) is 2.41. The standard InChI is InChI=1S/C12H18N4O2/c1-5-11(17)13-15-7-8-16(10(4)9(15)3)14-12(18)6-2/h5-6,10H,1-3,7-8H2,4H3,(H,13,17)(H,14,18). The second-order valence-electron chi connectivity index (χ2n) is 3.87. The Hall–Kier alpha value is -2.08. The van der Waals surface area contributed by atoms with Crippen molar-refractivity contribution < 1.29 is 9.59 Å². The molecule has 1 rings (SSSR count). The Bertz CT molecular complexity index is 392. The molecule has 98 valence electrons. The number of carbonyl (C=O) groups excluding carboxylic acids is 2. The average molecular weight is 250 g/mol. The van der Waals surface area contributed by atoms with Crippen molar-refractivity contribution in [3.05, 3.63) is 37.6 Å². The Morgan fingerprint density at radius 2 is 1.78 bits per heavy atom. The summed E-state index contributed by atoms with van der Waals surface area (Å²) in [4.78, 5) is 22.5. The first-order valence-corrected chi connectivity index (χ1v) is 5.58. The van der Waals surface area contributed by atoms with Gasteiger partial charge in [-0.25, -0.2) is 5.01 Å². The molecule has 1 aliphatic heterocycles. The lowest BCUT2D eigenvalue weighted by Gasteiger charge is -2.41. The van der Waals surface area contributed by atoms with Crippen LogP contribution in [0.15, 0.2) is 37.6 Å². The van der Waals surface area contributed by atoms with Gasteiger partial charge in [0.1, 0.15) is 0 Å². The lowest BCUT2D eigenvalue weighted by molar-refractivity contribution is -0.125. The van der Waals surface area contributed by atoms with Gasteiger partial charge in [-0.2, -0.15) is 0 Å². The maximum Gasteiger partial charge on any atom is 0.261 e. The number of nitrogens with one attached hydrogen (secondary N) is 2. The topological polar surface area (TPSA) is 64.7 Å². The van der Waals surface area contributed by atoms with Crippen LogP contribution in [0.2, 0.25) is 0 Å². The molecule has 0 aromatic rings. The van der Waals surface area contributed by atoms with Crippen molar-refractivity contribution in [2.24, 2.45) is 0 Å². The largest absolute Gasteiger partial charge is 0.287 e. The summed E-state index contributed by atoms with van der Waals surface area (Å²) in [5.41, 5.74) is 6.04. The number of hydrogen-bond donors (Lipinski definition) is 2. The summed E-state index contributed by atoms with van der Waals surface area (Å²) in [6, 6.07) is -0.118. The molecule has 0 aromatic heterocycles. The molecule has 1 aliphatic rings. The van der Waals surface area contributed by atoms with E-state index >= 15 is 0 Å².